The maximum absolute atomic E-state index is 13.5. The fourth-order valence-corrected chi connectivity index (χ4v) is 3.48. The first-order chi connectivity index (χ1) is 12.8. The molecule has 0 spiro atoms. The minimum atomic E-state index is -0.514. The first-order valence-electron chi connectivity index (χ1n) is 8.12. The van der Waals surface area contributed by atoms with Crippen LogP contribution in [0.4, 0.5) is 15.2 Å². The fourth-order valence-electron chi connectivity index (χ4n) is 2.47. The molecule has 1 aromatic heterocycles. The number of amides is 1. The summed E-state index contributed by atoms with van der Waals surface area (Å²) in [4.78, 5) is 31.2. The molecule has 0 unspecified atom stereocenters. The van der Waals surface area contributed by atoms with E-state index < -0.39 is 4.92 Å². The van der Waals surface area contributed by atoms with E-state index in [0.717, 1.165) is 0 Å². The van der Waals surface area contributed by atoms with E-state index in [1.54, 1.807) is 6.07 Å². The average molecular weight is 425 g/mol. The van der Waals surface area contributed by atoms with E-state index in [4.69, 9.17) is 0 Å². The van der Waals surface area contributed by atoms with Gasteiger partial charge in [-0.1, -0.05) is 11.3 Å². The molecule has 1 amide bonds. The first kappa shape index (κ1) is 21.7. The summed E-state index contributed by atoms with van der Waals surface area (Å²) in [7, 11) is 3.78. The molecule has 148 valence electrons. The minimum absolute atomic E-state index is 0. The summed E-state index contributed by atoms with van der Waals surface area (Å²) >= 11 is 1.23. The number of aromatic nitrogens is 1. The number of hydrogen-bond donors (Lipinski definition) is 0. The van der Waals surface area contributed by atoms with E-state index in [1.165, 1.54) is 52.6 Å². The lowest BCUT2D eigenvalue weighted by Crippen LogP contribution is -2.36. The van der Waals surface area contributed by atoms with Crippen molar-refractivity contribution in [2.24, 2.45) is 0 Å². The van der Waals surface area contributed by atoms with Gasteiger partial charge >= 0.3 is 0 Å². The van der Waals surface area contributed by atoms with Crippen LogP contribution in [0.15, 0.2) is 42.5 Å². The Hall–Kier alpha value is -2.62. The van der Waals surface area contributed by atoms with Gasteiger partial charge in [-0.3, -0.25) is 19.8 Å². The van der Waals surface area contributed by atoms with Gasteiger partial charge < -0.3 is 4.90 Å². The Labute approximate surface area is 171 Å². The molecule has 28 heavy (non-hydrogen) atoms. The molecule has 0 fully saturated rings. The highest BCUT2D eigenvalue weighted by Crippen LogP contribution is 2.30. The summed E-state index contributed by atoms with van der Waals surface area (Å²) in [6, 6.07) is 9.73. The summed E-state index contributed by atoms with van der Waals surface area (Å²) in [6.45, 7) is 0.980. The molecular weight excluding hydrogens is 407 g/mol. The second-order valence-corrected chi connectivity index (χ2v) is 7.18. The molecule has 0 saturated heterocycles. The van der Waals surface area contributed by atoms with Crippen LogP contribution in [0.3, 0.4) is 0 Å². The van der Waals surface area contributed by atoms with Crippen molar-refractivity contribution < 1.29 is 14.1 Å². The molecule has 10 heteroatoms. The zero-order valence-corrected chi connectivity index (χ0v) is 16.8. The maximum atomic E-state index is 13.5. The number of benzene rings is 2. The summed E-state index contributed by atoms with van der Waals surface area (Å²) in [6.07, 6.45) is 0. The highest BCUT2D eigenvalue weighted by molar-refractivity contribution is 7.22. The lowest BCUT2D eigenvalue weighted by atomic mass is 10.2. The van der Waals surface area contributed by atoms with Crippen molar-refractivity contribution in [3.05, 3.63) is 64.0 Å². The molecule has 1 heterocycles. The predicted octanol–water partition coefficient (Wildman–Crippen LogP) is 3.97. The number of nitro benzene ring substituents is 1. The second kappa shape index (κ2) is 9.05. The molecular formula is C18H18ClFN4O3S. The van der Waals surface area contributed by atoms with E-state index in [9.17, 15) is 19.3 Å². The third kappa shape index (κ3) is 4.80. The Bertz CT molecular complexity index is 994. The van der Waals surface area contributed by atoms with Crippen molar-refractivity contribution in [3.8, 4) is 0 Å². The number of hydrogen-bond acceptors (Lipinski definition) is 6. The Morgan fingerprint density at radius 2 is 1.86 bits per heavy atom. The number of nitro groups is 1. The van der Waals surface area contributed by atoms with Crippen LogP contribution < -0.4 is 4.90 Å². The molecule has 3 aromatic rings. The van der Waals surface area contributed by atoms with Gasteiger partial charge in [-0.05, 0) is 44.4 Å². The summed E-state index contributed by atoms with van der Waals surface area (Å²) < 4.78 is 14.1. The van der Waals surface area contributed by atoms with Gasteiger partial charge in [0.1, 0.15) is 5.82 Å². The zero-order valence-electron chi connectivity index (χ0n) is 15.2. The Morgan fingerprint density at radius 3 is 2.46 bits per heavy atom. The first-order valence-corrected chi connectivity index (χ1v) is 8.94. The maximum Gasteiger partial charge on any atom is 0.269 e. The van der Waals surface area contributed by atoms with Crippen LogP contribution in [0.2, 0.25) is 0 Å². The molecule has 0 aliphatic carbocycles. The van der Waals surface area contributed by atoms with E-state index in [2.05, 4.69) is 4.98 Å². The van der Waals surface area contributed by atoms with Crippen LogP contribution in [0, 0.1) is 15.9 Å². The normalized spacial score (nSPS) is 10.7. The van der Waals surface area contributed by atoms with Crippen LogP contribution in [0.25, 0.3) is 10.2 Å². The third-order valence-electron chi connectivity index (χ3n) is 3.91. The molecule has 0 bridgehead atoms. The Morgan fingerprint density at radius 1 is 1.18 bits per heavy atom. The number of fused-ring (bicyclic) bond motifs is 1. The lowest BCUT2D eigenvalue weighted by molar-refractivity contribution is -0.384. The number of non-ortho nitro benzene ring substituents is 1. The molecule has 0 N–H and O–H groups in total. The molecule has 3 rings (SSSR count). The third-order valence-corrected chi connectivity index (χ3v) is 4.95. The number of thiazole rings is 1. The average Bonchev–Trinajstić information content (AvgIpc) is 3.04. The molecule has 2 aromatic carbocycles. The quantitative estimate of drug-likeness (QED) is 0.441. The van der Waals surface area contributed by atoms with Crippen LogP contribution >= 0.6 is 23.7 Å². The summed E-state index contributed by atoms with van der Waals surface area (Å²) in [5.41, 5.74) is 0.856. The van der Waals surface area contributed by atoms with E-state index >= 15 is 0 Å². The number of anilines is 1. The topological polar surface area (TPSA) is 79.6 Å². The summed E-state index contributed by atoms with van der Waals surface area (Å²) in [5.74, 6) is -0.675. The van der Waals surface area contributed by atoms with Crippen molar-refractivity contribution in [1.82, 2.24) is 9.88 Å². The Balaban J connectivity index is 0.00000280. The smallest absolute Gasteiger partial charge is 0.269 e. The number of carbonyl (C=O) groups is 1. The minimum Gasteiger partial charge on any atom is -0.308 e. The molecule has 0 radical (unpaired) electrons. The number of rotatable bonds is 6. The lowest BCUT2D eigenvalue weighted by Gasteiger charge is -2.22. The van der Waals surface area contributed by atoms with Crippen LogP contribution in [-0.2, 0) is 0 Å². The predicted molar refractivity (Wildman–Crippen MR) is 110 cm³/mol. The van der Waals surface area contributed by atoms with Crippen molar-refractivity contribution >= 4 is 50.7 Å². The molecule has 0 atom stereocenters. The Kier molecular flexibility index (Phi) is 7.00. The van der Waals surface area contributed by atoms with Crippen LogP contribution in [-0.4, -0.2) is 47.9 Å². The van der Waals surface area contributed by atoms with Gasteiger partial charge in [0.05, 0.1) is 15.1 Å². The van der Waals surface area contributed by atoms with Crippen LogP contribution in [0.5, 0.6) is 0 Å². The number of nitrogens with zero attached hydrogens (tertiary/aromatic N) is 4. The van der Waals surface area contributed by atoms with E-state index in [-0.39, 0.29) is 29.8 Å². The van der Waals surface area contributed by atoms with Crippen molar-refractivity contribution in [2.75, 3.05) is 32.1 Å². The van der Waals surface area contributed by atoms with Gasteiger partial charge in [-0.15, -0.1) is 12.4 Å². The van der Waals surface area contributed by atoms with Gasteiger partial charge in [0.2, 0.25) is 0 Å². The highest BCUT2D eigenvalue weighted by atomic mass is 35.5. The monoisotopic (exact) mass is 424 g/mol. The van der Waals surface area contributed by atoms with Crippen molar-refractivity contribution in [1.29, 1.82) is 0 Å². The molecule has 0 aliphatic rings. The van der Waals surface area contributed by atoms with Crippen molar-refractivity contribution in [3.63, 3.8) is 0 Å². The van der Waals surface area contributed by atoms with E-state index in [1.807, 2.05) is 19.0 Å². The SMILES string of the molecule is CN(C)CCN(C(=O)c1ccc([N+](=O)[O-])cc1)c1nc2ccc(F)cc2s1.Cl. The fraction of sp³-hybridized carbons (Fsp3) is 0.222. The molecule has 0 aliphatic heterocycles. The summed E-state index contributed by atoms with van der Waals surface area (Å²) in [5, 5.41) is 11.3. The second-order valence-electron chi connectivity index (χ2n) is 6.17. The molecule has 7 nitrogen and oxygen atoms in total. The van der Waals surface area contributed by atoms with Gasteiger partial charge in [-0.2, -0.15) is 0 Å². The van der Waals surface area contributed by atoms with Gasteiger partial charge in [0.25, 0.3) is 11.6 Å². The van der Waals surface area contributed by atoms with Crippen LogP contribution in [0.1, 0.15) is 10.4 Å². The number of carbonyl (C=O) groups excluding carboxylic acids is 1. The zero-order chi connectivity index (χ0) is 19.6. The highest BCUT2D eigenvalue weighted by Gasteiger charge is 2.22. The van der Waals surface area contributed by atoms with Gasteiger partial charge in [0, 0.05) is 30.8 Å². The number of halogens is 2. The van der Waals surface area contributed by atoms with Gasteiger partial charge in [-0.25, -0.2) is 9.37 Å². The largest absolute Gasteiger partial charge is 0.308 e. The number of likely N-dealkylation sites (N-methyl/N-ethyl adjacent to an activating group) is 1. The van der Waals surface area contributed by atoms with Gasteiger partial charge in [0.15, 0.2) is 5.13 Å². The van der Waals surface area contributed by atoms with E-state index in [0.29, 0.717) is 34.0 Å². The molecule has 0 saturated carbocycles. The van der Waals surface area contributed by atoms with Crippen molar-refractivity contribution in [2.45, 2.75) is 0 Å². The standard InChI is InChI=1S/C18H17FN4O3S.ClH/c1-21(2)9-10-22(17(24)12-3-6-14(7-4-12)23(25)26)18-20-15-8-5-13(19)11-16(15)27-18;/h3-8,11H,9-10H2,1-2H3;1H.